The van der Waals surface area contributed by atoms with E-state index in [1.165, 1.54) is 0 Å². The van der Waals surface area contributed by atoms with Gasteiger partial charge in [0.1, 0.15) is 0 Å². The minimum Gasteiger partial charge on any atom is -0.396 e. The number of hydrogen-bond donors (Lipinski definition) is 3. The summed E-state index contributed by atoms with van der Waals surface area (Å²) in [5.41, 5.74) is 1.03. The molecule has 0 spiro atoms. The van der Waals surface area contributed by atoms with Crippen LogP contribution in [0, 0.1) is 5.92 Å². The topological polar surface area (TPSA) is 56.7 Å². The monoisotopic (exact) mass is 331 g/mol. The first kappa shape index (κ1) is 18.1. The first-order chi connectivity index (χ1) is 9.97. The minimum absolute atomic E-state index is 0.0435. The summed E-state index contributed by atoms with van der Waals surface area (Å²) in [7, 11) is 0. The molecule has 21 heavy (non-hydrogen) atoms. The Morgan fingerprint density at radius 2 is 2.00 bits per heavy atom. The maximum absolute atomic E-state index is 9.06. The molecule has 0 aliphatic rings. The molecule has 0 heterocycles. The standard InChI is InChI=1S/C15H23Cl2N3O/c1-4-18-15(19-8-10(2)9-21)20-11(3)12-5-6-13(16)14(17)7-12/h5-7,10-11,21H,4,8-9H2,1-3H3,(H2,18,19,20). The Balaban J connectivity index is 2.75. The summed E-state index contributed by atoms with van der Waals surface area (Å²) < 4.78 is 0. The predicted octanol–water partition coefficient (Wildman–Crippen LogP) is 3.24. The van der Waals surface area contributed by atoms with Crippen molar-refractivity contribution >= 4 is 29.2 Å². The van der Waals surface area contributed by atoms with Gasteiger partial charge in [-0.25, -0.2) is 0 Å². The van der Waals surface area contributed by atoms with Crippen LogP contribution in [0.15, 0.2) is 23.2 Å². The molecular weight excluding hydrogens is 309 g/mol. The van der Waals surface area contributed by atoms with Crippen LogP contribution >= 0.6 is 23.2 Å². The van der Waals surface area contributed by atoms with Crippen molar-refractivity contribution < 1.29 is 5.11 Å². The van der Waals surface area contributed by atoms with E-state index in [2.05, 4.69) is 15.6 Å². The number of hydrogen-bond acceptors (Lipinski definition) is 2. The third-order valence-electron chi connectivity index (χ3n) is 3.01. The number of aliphatic hydroxyl groups is 1. The second kappa shape index (κ2) is 9.13. The van der Waals surface area contributed by atoms with Gasteiger partial charge in [0.25, 0.3) is 0 Å². The number of halogens is 2. The van der Waals surface area contributed by atoms with Gasteiger partial charge in [0.15, 0.2) is 5.96 Å². The molecule has 4 nitrogen and oxygen atoms in total. The van der Waals surface area contributed by atoms with E-state index >= 15 is 0 Å². The van der Waals surface area contributed by atoms with Crippen LogP contribution in [0.2, 0.25) is 10.0 Å². The van der Waals surface area contributed by atoms with Crippen LogP contribution in [-0.4, -0.2) is 30.8 Å². The Labute approximate surface area is 136 Å². The fourth-order valence-electron chi connectivity index (χ4n) is 1.70. The van der Waals surface area contributed by atoms with Gasteiger partial charge in [0.05, 0.1) is 16.1 Å². The molecule has 0 radical (unpaired) electrons. The Morgan fingerprint density at radius 1 is 1.29 bits per heavy atom. The van der Waals surface area contributed by atoms with Crippen molar-refractivity contribution in [3.8, 4) is 0 Å². The van der Waals surface area contributed by atoms with E-state index in [1.54, 1.807) is 6.07 Å². The van der Waals surface area contributed by atoms with Crippen LogP contribution in [0.5, 0.6) is 0 Å². The van der Waals surface area contributed by atoms with Crippen molar-refractivity contribution in [1.29, 1.82) is 0 Å². The van der Waals surface area contributed by atoms with Gasteiger partial charge in [-0.2, -0.15) is 0 Å². The maximum atomic E-state index is 9.06. The van der Waals surface area contributed by atoms with Gasteiger partial charge >= 0.3 is 0 Å². The predicted molar refractivity (Wildman–Crippen MR) is 90.2 cm³/mol. The molecule has 0 fully saturated rings. The highest BCUT2D eigenvalue weighted by Crippen LogP contribution is 2.25. The zero-order valence-electron chi connectivity index (χ0n) is 12.7. The number of rotatable bonds is 6. The number of aliphatic hydroxyl groups excluding tert-OH is 1. The molecule has 0 aromatic heterocycles. The van der Waals surface area contributed by atoms with E-state index in [1.807, 2.05) is 32.9 Å². The first-order valence-electron chi connectivity index (χ1n) is 7.08. The molecule has 1 rings (SSSR count). The first-order valence-corrected chi connectivity index (χ1v) is 7.84. The van der Waals surface area contributed by atoms with E-state index in [0.717, 1.165) is 18.1 Å². The van der Waals surface area contributed by atoms with Crippen LogP contribution in [0.25, 0.3) is 0 Å². The molecule has 0 bridgehead atoms. The number of guanidine groups is 1. The highest BCUT2D eigenvalue weighted by atomic mass is 35.5. The van der Waals surface area contributed by atoms with Crippen molar-refractivity contribution in [2.45, 2.75) is 26.8 Å². The highest BCUT2D eigenvalue weighted by Gasteiger charge is 2.10. The lowest BCUT2D eigenvalue weighted by atomic mass is 10.1. The molecule has 118 valence electrons. The van der Waals surface area contributed by atoms with Crippen molar-refractivity contribution in [1.82, 2.24) is 10.6 Å². The minimum atomic E-state index is 0.0435. The number of nitrogens with zero attached hydrogens (tertiary/aromatic N) is 1. The molecule has 0 aliphatic heterocycles. The van der Waals surface area contributed by atoms with E-state index in [4.69, 9.17) is 28.3 Å². The van der Waals surface area contributed by atoms with Crippen LogP contribution in [0.3, 0.4) is 0 Å². The van der Waals surface area contributed by atoms with Crippen molar-refractivity contribution in [3.05, 3.63) is 33.8 Å². The van der Waals surface area contributed by atoms with Crippen LogP contribution in [0.4, 0.5) is 0 Å². The van der Waals surface area contributed by atoms with Gasteiger partial charge in [-0.3, -0.25) is 4.99 Å². The molecule has 3 N–H and O–H groups in total. The Morgan fingerprint density at radius 3 is 2.57 bits per heavy atom. The quantitative estimate of drug-likeness (QED) is 0.554. The molecule has 2 unspecified atom stereocenters. The summed E-state index contributed by atoms with van der Waals surface area (Å²) in [6, 6.07) is 5.62. The lowest BCUT2D eigenvalue weighted by molar-refractivity contribution is 0.241. The molecule has 0 aliphatic carbocycles. The van der Waals surface area contributed by atoms with Gasteiger partial charge < -0.3 is 15.7 Å². The normalized spacial score (nSPS) is 14.7. The van der Waals surface area contributed by atoms with Gasteiger partial charge in [-0.15, -0.1) is 0 Å². The van der Waals surface area contributed by atoms with Crippen molar-refractivity contribution in [2.75, 3.05) is 19.7 Å². The van der Waals surface area contributed by atoms with Gasteiger partial charge in [-0.1, -0.05) is 36.2 Å². The van der Waals surface area contributed by atoms with Crippen LogP contribution in [0.1, 0.15) is 32.4 Å². The van der Waals surface area contributed by atoms with E-state index in [-0.39, 0.29) is 18.6 Å². The number of nitrogens with one attached hydrogen (secondary N) is 2. The molecule has 1 aromatic carbocycles. The summed E-state index contributed by atoms with van der Waals surface area (Å²) >= 11 is 12.0. The Kier molecular flexibility index (Phi) is 7.86. The van der Waals surface area contributed by atoms with Gasteiger partial charge in [0, 0.05) is 19.7 Å². The average Bonchev–Trinajstić information content (AvgIpc) is 2.47. The third-order valence-corrected chi connectivity index (χ3v) is 3.75. The highest BCUT2D eigenvalue weighted by molar-refractivity contribution is 6.42. The fourth-order valence-corrected chi connectivity index (χ4v) is 2.00. The number of benzene rings is 1. The second-order valence-corrected chi connectivity index (χ2v) is 5.86. The Hall–Kier alpha value is -0.970. The van der Waals surface area contributed by atoms with Crippen molar-refractivity contribution in [2.24, 2.45) is 10.9 Å². The third kappa shape index (κ3) is 6.12. The maximum Gasteiger partial charge on any atom is 0.191 e. The van der Waals surface area contributed by atoms with Crippen LogP contribution in [-0.2, 0) is 0 Å². The van der Waals surface area contributed by atoms with Crippen LogP contribution < -0.4 is 10.6 Å². The number of aliphatic imine (C=N–C) groups is 1. The van der Waals surface area contributed by atoms with Crippen molar-refractivity contribution in [3.63, 3.8) is 0 Å². The fraction of sp³-hybridized carbons (Fsp3) is 0.533. The molecule has 0 amide bonds. The van der Waals surface area contributed by atoms with Gasteiger partial charge in [-0.05, 0) is 37.5 Å². The van der Waals surface area contributed by atoms with E-state index in [0.29, 0.717) is 16.6 Å². The second-order valence-electron chi connectivity index (χ2n) is 5.05. The summed E-state index contributed by atoms with van der Waals surface area (Å²) in [5, 5.41) is 16.6. The molecule has 0 saturated carbocycles. The van der Waals surface area contributed by atoms with Gasteiger partial charge in [0.2, 0.25) is 0 Å². The summed E-state index contributed by atoms with van der Waals surface area (Å²) in [4.78, 5) is 4.47. The zero-order valence-corrected chi connectivity index (χ0v) is 14.2. The SMILES string of the molecule is CCNC(=NCC(C)CO)NC(C)c1ccc(Cl)c(Cl)c1. The smallest absolute Gasteiger partial charge is 0.191 e. The summed E-state index contributed by atoms with van der Waals surface area (Å²) in [5.74, 6) is 0.858. The molecular formula is C15H23Cl2N3O. The molecule has 1 aromatic rings. The summed E-state index contributed by atoms with van der Waals surface area (Å²) in [6.45, 7) is 7.46. The lowest BCUT2D eigenvalue weighted by Gasteiger charge is -2.19. The largest absolute Gasteiger partial charge is 0.396 e. The summed E-state index contributed by atoms with van der Waals surface area (Å²) in [6.07, 6.45) is 0. The molecule has 0 saturated heterocycles. The lowest BCUT2D eigenvalue weighted by Crippen LogP contribution is -2.39. The molecule has 6 heteroatoms. The average molecular weight is 332 g/mol. The zero-order chi connectivity index (χ0) is 15.8. The Bertz CT molecular complexity index is 480. The van der Waals surface area contributed by atoms with E-state index < -0.39 is 0 Å². The van der Waals surface area contributed by atoms with E-state index in [9.17, 15) is 0 Å². The molecule has 2 atom stereocenters.